The second-order valence-corrected chi connectivity index (χ2v) is 8.55. The highest BCUT2D eigenvalue weighted by molar-refractivity contribution is 6.17. The summed E-state index contributed by atoms with van der Waals surface area (Å²) in [5, 5.41) is 0. The molecule has 0 saturated carbocycles. The Bertz CT molecular complexity index is 737. The first-order valence-electron chi connectivity index (χ1n) is 10.4. The van der Waals surface area contributed by atoms with Crippen LogP contribution in [0.1, 0.15) is 45.6 Å². The molecule has 1 aliphatic rings. The standard InChI is InChI=1S/C22H31ClN2O6/c1-22(2,3)31-19(26)11-13-24(20(27)30-16-23)14-18-10-7-12-25(18)21(28)29-15-17-8-5-4-6-9-17/h4-6,8-9,18H,7,10-16H2,1-3H3/t18-/m0/s1. The summed E-state index contributed by atoms with van der Waals surface area (Å²) in [6, 6.07) is 8.90. The van der Waals surface area contributed by atoms with E-state index in [1.165, 1.54) is 4.90 Å². The Morgan fingerprint density at radius 1 is 1.16 bits per heavy atom. The zero-order chi connectivity index (χ0) is 22.9. The highest BCUT2D eigenvalue weighted by atomic mass is 35.5. The summed E-state index contributed by atoms with van der Waals surface area (Å²) in [6.45, 7) is 6.39. The van der Waals surface area contributed by atoms with Crippen LogP contribution in [0, 0.1) is 0 Å². The van der Waals surface area contributed by atoms with Crippen LogP contribution in [-0.2, 0) is 25.6 Å². The molecule has 0 N–H and O–H groups in total. The fourth-order valence-electron chi connectivity index (χ4n) is 3.34. The maximum Gasteiger partial charge on any atom is 0.411 e. The number of carbonyl (C=O) groups is 3. The van der Waals surface area contributed by atoms with Crippen molar-refractivity contribution in [3.63, 3.8) is 0 Å². The van der Waals surface area contributed by atoms with Gasteiger partial charge in [0.2, 0.25) is 0 Å². The zero-order valence-electron chi connectivity index (χ0n) is 18.3. The molecule has 1 saturated heterocycles. The number of esters is 1. The van der Waals surface area contributed by atoms with E-state index in [1.807, 2.05) is 30.3 Å². The first kappa shape index (κ1) is 24.8. The van der Waals surface area contributed by atoms with Crippen LogP contribution in [0.25, 0.3) is 0 Å². The molecule has 1 aromatic rings. The molecule has 0 aromatic heterocycles. The van der Waals surface area contributed by atoms with Crippen molar-refractivity contribution >= 4 is 29.8 Å². The molecular weight excluding hydrogens is 424 g/mol. The number of benzene rings is 1. The van der Waals surface area contributed by atoms with Gasteiger partial charge in [-0.2, -0.15) is 0 Å². The fraction of sp³-hybridized carbons (Fsp3) is 0.591. The van der Waals surface area contributed by atoms with Gasteiger partial charge in [-0.3, -0.25) is 4.79 Å². The van der Waals surface area contributed by atoms with Gasteiger partial charge < -0.3 is 24.0 Å². The minimum Gasteiger partial charge on any atom is -0.460 e. The van der Waals surface area contributed by atoms with E-state index >= 15 is 0 Å². The number of hydrogen-bond donors (Lipinski definition) is 0. The third kappa shape index (κ3) is 8.65. The zero-order valence-corrected chi connectivity index (χ0v) is 19.1. The number of nitrogens with zero attached hydrogens (tertiary/aromatic N) is 2. The Hall–Kier alpha value is -2.48. The largest absolute Gasteiger partial charge is 0.460 e. The molecular formula is C22H31ClN2O6. The predicted molar refractivity (Wildman–Crippen MR) is 116 cm³/mol. The topological polar surface area (TPSA) is 85.4 Å². The maximum absolute atomic E-state index is 12.6. The van der Waals surface area contributed by atoms with Crippen LogP contribution in [0.2, 0.25) is 0 Å². The molecule has 0 bridgehead atoms. The lowest BCUT2D eigenvalue weighted by Crippen LogP contribution is -2.46. The maximum atomic E-state index is 12.6. The van der Waals surface area contributed by atoms with E-state index in [-0.39, 0.29) is 38.2 Å². The number of amides is 2. The Morgan fingerprint density at radius 2 is 1.87 bits per heavy atom. The number of ether oxygens (including phenoxy) is 3. The van der Waals surface area contributed by atoms with Crippen molar-refractivity contribution in [2.24, 2.45) is 0 Å². The van der Waals surface area contributed by atoms with Gasteiger partial charge in [0.05, 0.1) is 12.5 Å². The van der Waals surface area contributed by atoms with Crippen LogP contribution in [0.4, 0.5) is 9.59 Å². The minimum absolute atomic E-state index is 0.0137. The summed E-state index contributed by atoms with van der Waals surface area (Å²) in [6.07, 6.45) is 0.472. The SMILES string of the molecule is CC(C)(C)OC(=O)CCN(C[C@@H]1CCCN1C(=O)OCc1ccccc1)C(=O)OCCl. The van der Waals surface area contributed by atoms with Crippen LogP contribution < -0.4 is 0 Å². The Morgan fingerprint density at radius 3 is 2.52 bits per heavy atom. The molecule has 8 nitrogen and oxygen atoms in total. The van der Waals surface area contributed by atoms with Crippen molar-refractivity contribution in [1.29, 1.82) is 0 Å². The molecule has 1 atom stereocenters. The summed E-state index contributed by atoms with van der Waals surface area (Å²) in [5.74, 6) is -0.415. The molecule has 1 heterocycles. The molecule has 1 aliphatic heterocycles. The predicted octanol–water partition coefficient (Wildman–Crippen LogP) is 4.15. The second kappa shape index (κ2) is 11.8. The first-order chi connectivity index (χ1) is 14.7. The summed E-state index contributed by atoms with van der Waals surface area (Å²) in [4.78, 5) is 40.0. The third-order valence-electron chi connectivity index (χ3n) is 4.69. The van der Waals surface area contributed by atoms with Gasteiger partial charge in [0, 0.05) is 19.6 Å². The van der Waals surface area contributed by atoms with Gasteiger partial charge in [-0.05, 0) is 39.2 Å². The lowest BCUT2D eigenvalue weighted by Gasteiger charge is -2.30. The van der Waals surface area contributed by atoms with Gasteiger partial charge in [0.1, 0.15) is 12.2 Å². The van der Waals surface area contributed by atoms with Crippen LogP contribution in [0.3, 0.4) is 0 Å². The van der Waals surface area contributed by atoms with Crippen LogP contribution in [-0.4, -0.2) is 65.3 Å². The summed E-state index contributed by atoms with van der Waals surface area (Å²) < 4.78 is 15.7. The van der Waals surface area contributed by atoms with E-state index < -0.39 is 23.8 Å². The van der Waals surface area contributed by atoms with Crippen molar-refractivity contribution in [3.8, 4) is 0 Å². The lowest BCUT2D eigenvalue weighted by molar-refractivity contribution is -0.155. The van der Waals surface area contributed by atoms with E-state index in [2.05, 4.69) is 0 Å². The molecule has 0 aliphatic carbocycles. The van der Waals surface area contributed by atoms with Gasteiger partial charge in [0.15, 0.2) is 6.07 Å². The molecule has 9 heteroatoms. The van der Waals surface area contributed by atoms with Gasteiger partial charge in [-0.15, -0.1) is 0 Å². The second-order valence-electron chi connectivity index (χ2n) is 8.33. The molecule has 1 fully saturated rings. The van der Waals surface area contributed by atoms with Crippen molar-refractivity contribution in [2.45, 2.75) is 58.3 Å². The van der Waals surface area contributed by atoms with Crippen LogP contribution >= 0.6 is 11.6 Å². The summed E-state index contributed by atoms with van der Waals surface area (Å²) in [5.41, 5.74) is 0.292. The number of alkyl halides is 1. The van der Waals surface area contributed by atoms with E-state index in [0.29, 0.717) is 6.54 Å². The van der Waals surface area contributed by atoms with E-state index in [1.54, 1.807) is 25.7 Å². The lowest BCUT2D eigenvalue weighted by atomic mass is 10.2. The molecule has 2 rings (SSSR count). The first-order valence-corrected chi connectivity index (χ1v) is 10.9. The van der Waals surface area contributed by atoms with Crippen molar-refractivity contribution < 1.29 is 28.6 Å². The highest BCUT2D eigenvalue weighted by Gasteiger charge is 2.33. The molecule has 31 heavy (non-hydrogen) atoms. The van der Waals surface area contributed by atoms with Crippen molar-refractivity contribution in [2.75, 3.05) is 25.7 Å². The minimum atomic E-state index is -0.636. The number of rotatable bonds is 8. The molecule has 0 spiro atoms. The monoisotopic (exact) mass is 454 g/mol. The van der Waals surface area contributed by atoms with Crippen LogP contribution in [0.5, 0.6) is 0 Å². The molecule has 172 valence electrons. The van der Waals surface area contributed by atoms with Gasteiger partial charge in [-0.25, -0.2) is 9.59 Å². The number of halogens is 1. The molecule has 1 aromatic carbocycles. The van der Waals surface area contributed by atoms with Gasteiger partial charge in [-0.1, -0.05) is 41.9 Å². The van der Waals surface area contributed by atoms with Gasteiger partial charge in [0.25, 0.3) is 0 Å². The Kier molecular flexibility index (Phi) is 9.43. The normalized spacial score (nSPS) is 16.0. The fourth-order valence-corrected chi connectivity index (χ4v) is 3.43. The van der Waals surface area contributed by atoms with Crippen molar-refractivity contribution in [1.82, 2.24) is 9.80 Å². The number of likely N-dealkylation sites (tertiary alicyclic amines) is 1. The third-order valence-corrected chi connectivity index (χ3v) is 4.80. The van der Waals surface area contributed by atoms with Crippen LogP contribution in [0.15, 0.2) is 30.3 Å². The average Bonchev–Trinajstić information content (AvgIpc) is 3.17. The highest BCUT2D eigenvalue weighted by Crippen LogP contribution is 2.21. The van der Waals surface area contributed by atoms with E-state index in [9.17, 15) is 14.4 Å². The molecule has 0 radical (unpaired) electrons. The molecule has 0 unspecified atom stereocenters. The Balaban J connectivity index is 1.95. The Labute approximate surface area is 188 Å². The number of hydrogen-bond acceptors (Lipinski definition) is 6. The summed E-state index contributed by atoms with van der Waals surface area (Å²) in [7, 11) is 0. The smallest absolute Gasteiger partial charge is 0.411 e. The number of carbonyl (C=O) groups excluding carboxylic acids is 3. The summed E-state index contributed by atoms with van der Waals surface area (Å²) >= 11 is 5.54. The van der Waals surface area contributed by atoms with E-state index in [0.717, 1.165) is 18.4 Å². The molecule has 2 amide bonds. The van der Waals surface area contributed by atoms with E-state index in [4.69, 9.17) is 25.8 Å². The quantitative estimate of drug-likeness (QED) is 0.333. The van der Waals surface area contributed by atoms with Gasteiger partial charge >= 0.3 is 18.2 Å². The average molecular weight is 455 g/mol. The van der Waals surface area contributed by atoms with Crippen molar-refractivity contribution in [3.05, 3.63) is 35.9 Å².